The number of aromatic nitrogens is 1. The minimum absolute atomic E-state index is 0.139. The van der Waals surface area contributed by atoms with Crippen molar-refractivity contribution in [2.75, 3.05) is 5.32 Å². The van der Waals surface area contributed by atoms with Crippen molar-refractivity contribution in [3.63, 3.8) is 0 Å². The molecule has 3 aromatic rings. The molecule has 0 atom stereocenters. The lowest BCUT2D eigenvalue weighted by Gasteiger charge is -2.11. The summed E-state index contributed by atoms with van der Waals surface area (Å²) in [7, 11) is 0. The van der Waals surface area contributed by atoms with Gasteiger partial charge in [0.1, 0.15) is 5.75 Å². The predicted octanol–water partition coefficient (Wildman–Crippen LogP) is 2.81. The summed E-state index contributed by atoms with van der Waals surface area (Å²) in [6, 6.07) is 14.8. The molecule has 124 valence electrons. The van der Waals surface area contributed by atoms with Crippen LogP contribution in [0.5, 0.6) is 5.75 Å². The molecule has 6 nitrogen and oxygen atoms in total. The standard InChI is InChI=1S/C19H15N3O3/c20-18(24)13-8-6-12(7-9-13)15-4-1-5-16(17(15)23)19(25)22-14-3-2-10-21-11-14/h1-11,23H,(H2,20,24)(H,22,25). The SMILES string of the molecule is NC(=O)c1ccc(-c2cccc(C(=O)Nc3cccnc3)c2O)cc1. The number of primary amides is 1. The van der Waals surface area contributed by atoms with E-state index in [9.17, 15) is 14.7 Å². The maximum atomic E-state index is 12.4. The van der Waals surface area contributed by atoms with Crippen molar-refractivity contribution >= 4 is 17.5 Å². The highest BCUT2D eigenvalue weighted by Crippen LogP contribution is 2.32. The highest BCUT2D eigenvalue weighted by molar-refractivity contribution is 6.07. The third kappa shape index (κ3) is 3.48. The Kier molecular flexibility index (Phi) is 4.43. The van der Waals surface area contributed by atoms with Gasteiger partial charge >= 0.3 is 0 Å². The molecule has 0 unspecified atom stereocenters. The quantitative estimate of drug-likeness (QED) is 0.682. The summed E-state index contributed by atoms with van der Waals surface area (Å²) in [4.78, 5) is 27.5. The summed E-state index contributed by atoms with van der Waals surface area (Å²) in [6.45, 7) is 0. The summed E-state index contributed by atoms with van der Waals surface area (Å²) in [5, 5.41) is 13.2. The van der Waals surface area contributed by atoms with E-state index in [1.807, 2.05) is 0 Å². The van der Waals surface area contributed by atoms with Crippen molar-refractivity contribution < 1.29 is 14.7 Å². The zero-order valence-electron chi connectivity index (χ0n) is 13.1. The zero-order valence-corrected chi connectivity index (χ0v) is 13.1. The predicted molar refractivity (Wildman–Crippen MR) is 94.3 cm³/mol. The Labute approximate surface area is 144 Å². The summed E-state index contributed by atoms with van der Waals surface area (Å²) in [5.74, 6) is -1.11. The average molecular weight is 333 g/mol. The van der Waals surface area contributed by atoms with Crippen molar-refractivity contribution in [2.45, 2.75) is 0 Å². The molecule has 0 spiro atoms. The number of benzene rings is 2. The number of aromatic hydroxyl groups is 1. The van der Waals surface area contributed by atoms with E-state index >= 15 is 0 Å². The molecule has 4 N–H and O–H groups in total. The molecule has 6 heteroatoms. The van der Waals surface area contributed by atoms with Crippen LogP contribution in [-0.4, -0.2) is 21.9 Å². The summed E-state index contributed by atoms with van der Waals surface area (Å²) < 4.78 is 0. The molecule has 0 saturated heterocycles. The largest absolute Gasteiger partial charge is 0.506 e. The second-order valence-corrected chi connectivity index (χ2v) is 5.34. The molecule has 0 bridgehead atoms. The molecule has 0 aliphatic heterocycles. The maximum Gasteiger partial charge on any atom is 0.259 e. The summed E-state index contributed by atoms with van der Waals surface area (Å²) in [5.41, 5.74) is 7.41. The van der Waals surface area contributed by atoms with Crippen molar-refractivity contribution in [2.24, 2.45) is 5.73 Å². The van der Waals surface area contributed by atoms with Crippen LogP contribution < -0.4 is 11.1 Å². The van der Waals surface area contributed by atoms with Gasteiger partial charge in [-0.3, -0.25) is 14.6 Å². The lowest BCUT2D eigenvalue weighted by Crippen LogP contribution is -2.12. The number of nitrogens with zero attached hydrogens (tertiary/aromatic N) is 1. The minimum atomic E-state index is -0.527. The lowest BCUT2D eigenvalue weighted by molar-refractivity contribution is 0.0997. The van der Waals surface area contributed by atoms with Crippen molar-refractivity contribution in [3.8, 4) is 16.9 Å². The number of nitrogens with one attached hydrogen (secondary N) is 1. The van der Waals surface area contributed by atoms with Gasteiger partial charge in [0.25, 0.3) is 5.91 Å². The number of rotatable bonds is 4. The molecule has 0 saturated carbocycles. The normalized spacial score (nSPS) is 10.2. The molecule has 0 aliphatic carbocycles. The van der Waals surface area contributed by atoms with Gasteiger partial charge in [-0.15, -0.1) is 0 Å². The Morgan fingerprint density at radius 3 is 2.40 bits per heavy atom. The maximum absolute atomic E-state index is 12.4. The van der Waals surface area contributed by atoms with Gasteiger partial charge in [-0.05, 0) is 35.9 Å². The van der Waals surface area contributed by atoms with E-state index in [0.29, 0.717) is 22.4 Å². The second-order valence-electron chi connectivity index (χ2n) is 5.34. The van der Waals surface area contributed by atoms with E-state index in [-0.39, 0.29) is 11.3 Å². The minimum Gasteiger partial charge on any atom is -0.506 e. The summed E-state index contributed by atoms with van der Waals surface area (Å²) in [6.07, 6.45) is 3.12. The first kappa shape index (κ1) is 16.2. The van der Waals surface area contributed by atoms with Crippen LogP contribution in [0.15, 0.2) is 67.0 Å². The Bertz CT molecular complexity index is 922. The Hall–Kier alpha value is -3.67. The van der Waals surface area contributed by atoms with Crippen LogP contribution in [0.2, 0.25) is 0 Å². The molecule has 0 radical (unpaired) electrons. The number of para-hydroxylation sites is 1. The van der Waals surface area contributed by atoms with Gasteiger partial charge in [0.15, 0.2) is 0 Å². The van der Waals surface area contributed by atoms with Crippen LogP contribution in [0, 0.1) is 0 Å². The number of carbonyl (C=O) groups is 2. The van der Waals surface area contributed by atoms with Crippen LogP contribution >= 0.6 is 0 Å². The van der Waals surface area contributed by atoms with Gasteiger partial charge in [0, 0.05) is 17.3 Å². The fourth-order valence-electron chi connectivity index (χ4n) is 2.41. The fourth-order valence-corrected chi connectivity index (χ4v) is 2.41. The number of nitrogens with two attached hydrogens (primary N) is 1. The third-order valence-corrected chi connectivity index (χ3v) is 3.68. The van der Waals surface area contributed by atoms with Crippen LogP contribution in [0.25, 0.3) is 11.1 Å². The highest BCUT2D eigenvalue weighted by atomic mass is 16.3. The molecule has 25 heavy (non-hydrogen) atoms. The molecular formula is C19H15N3O3. The average Bonchev–Trinajstić information content (AvgIpc) is 2.63. The number of carbonyl (C=O) groups excluding carboxylic acids is 2. The van der Waals surface area contributed by atoms with Gasteiger partial charge in [0.05, 0.1) is 17.4 Å². The zero-order chi connectivity index (χ0) is 17.8. The monoisotopic (exact) mass is 333 g/mol. The van der Waals surface area contributed by atoms with Crippen LogP contribution in [0.3, 0.4) is 0 Å². The number of pyridine rings is 1. The van der Waals surface area contributed by atoms with Crippen molar-refractivity contribution in [1.82, 2.24) is 4.98 Å². The molecule has 2 amide bonds. The molecule has 2 aromatic carbocycles. The Balaban J connectivity index is 1.92. The molecular weight excluding hydrogens is 318 g/mol. The first-order valence-electron chi connectivity index (χ1n) is 7.50. The molecule has 0 aliphatic rings. The fraction of sp³-hybridized carbons (Fsp3) is 0. The number of phenols is 1. The third-order valence-electron chi connectivity index (χ3n) is 3.68. The van der Waals surface area contributed by atoms with Gasteiger partial charge in [-0.1, -0.05) is 24.3 Å². The Morgan fingerprint density at radius 2 is 1.76 bits per heavy atom. The first-order chi connectivity index (χ1) is 12.1. The van der Waals surface area contributed by atoms with E-state index in [2.05, 4.69) is 10.3 Å². The van der Waals surface area contributed by atoms with Crippen LogP contribution in [-0.2, 0) is 0 Å². The first-order valence-corrected chi connectivity index (χ1v) is 7.50. The van der Waals surface area contributed by atoms with E-state index in [4.69, 9.17) is 5.73 Å². The van der Waals surface area contributed by atoms with Gasteiger partial charge in [-0.2, -0.15) is 0 Å². The molecule has 3 rings (SSSR count). The number of hydrogen-bond donors (Lipinski definition) is 3. The molecule has 1 aromatic heterocycles. The molecule has 1 heterocycles. The highest BCUT2D eigenvalue weighted by Gasteiger charge is 2.15. The van der Waals surface area contributed by atoms with Gasteiger partial charge in [0.2, 0.25) is 5.91 Å². The molecule has 0 fully saturated rings. The number of anilines is 1. The van der Waals surface area contributed by atoms with E-state index in [0.717, 1.165) is 0 Å². The topological polar surface area (TPSA) is 105 Å². The van der Waals surface area contributed by atoms with E-state index in [1.165, 1.54) is 12.3 Å². The summed E-state index contributed by atoms with van der Waals surface area (Å²) >= 11 is 0. The van der Waals surface area contributed by atoms with Crippen molar-refractivity contribution in [1.29, 1.82) is 0 Å². The van der Waals surface area contributed by atoms with Crippen LogP contribution in [0.1, 0.15) is 20.7 Å². The van der Waals surface area contributed by atoms with Crippen LogP contribution in [0.4, 0.5) is 5.69 Å². The van der Waals surface area contributed by atoms with E-state index in [1.54, 1.807) is 54.7 Å². The smallest absolute Gasteiger partial charge is 0.259 e. The number of phenolic OH excluding ortho intramolecular Hbond substituents is 1. The second kappa shape index (κ2) is 6.84. The van der Waals surface area contributed by atoms with E-state index < -0.39 is 11.8 Å². The lowest BCUT2D eigenvalue weighted by atomic mass is 9.99. The van der Waals surface area contributed by atoms with Gasteiger partial charge < -0.3 is 16.2 Å². The number of hydrogen-bond acceptors (Lipinski definition) is 4. The Morgan fingerprint density at radius 1 is 1.00 bits per heavy atom. The van der Waals surface area contributed by atoms with Gasteiger partial charge in [-0.25, -0.2) is 0 Å². The number of amides is 2. The van der Waals surface area contributed by atoms with Crippen molar-refractivity contribution in [3.05, 3.63) is 78.1 Å².